The lowest BCUT2D eigenvalue weighted by Crippen LogP contribution is -2.46. The zero-order valence-electron chi connectivity index (χ0n) is 16.8. The van der Waals surface area contributed by atoms with E-state index in [-0.39, 0.29) is 28.3 Å². The highest BCUT2D eigenvalue weighted by Gasteiger charge is 2.20. The first-order valence-corrected chi connectivity index (χ1v) is 9.35. The Kier molecular flexibility index (Phi) is 9.58. The van der Waals surface area contributed by atoms with Gasteiger partial charge in [0, 0.05) is 6.54 Å². The van der Waals surface area contributed by atoms with Crippen molar-refractivity contribution >= 4 is 29.4 Å². The van der Waals surface area contributed by atoms with Crippen molar-refractivity contribution in [2.75, 3.05) is 20.3 Å². The topological polar surface area (TPSA) is 103 Å². The van der Waals surface area contributed by atoms with Gasteiger partial charge in [-0.3, -0.25) is 9.59 Å². The highest BCUT2D eigenvalue weighted by molar-refractivity contribution is 6.32. The lowest BCUT2D eigenvalue weighted by atomic mass is 10.2. The number of hydrogen-bond donors (Lipinski definition) is 2. The Labute approximate surface area is 169 Å². The third-order valence-electron chi connectivity index (χ3n) is 3.47. The van der Waals surface area contributed by atoms with Crippen LogP contribution >= 0.6 is 11.6 Å². The molecule has 8 nitrogen and oxygen atoms in total. The number of carbonyl (C=O) groups is 3. The molecule has 0 radical (unpaired) electrons. The molecule has 1 aromatic carbocycles. The van der Waals surface area contributed by atoms with Gasteiger partial charge in [0.1, 0.15) is 6.04 Å². The molecule has 1 aromatic rings. The van der Waals surface area contributed by atoms with Gasteiger partial charge < -0.3 is 24.8 Å². The van der Waals surface area contributed by atoms with Crippen molar-refractivity contribution in [3.8, 4) is 11.5 Å². The first-order chi connectivity index (χ1) is 13.2. The van der Waals surface area contributed by atoms with Crippen LogP contribution in [0.2, 0.25) is 5.02 Å². The summed E-state index contributed by atoms with van der Waals surface area (Å²) in [6, 6.07) is 2.06. The van der Waals surface area contributed by atoms with Crippen molar-refractivity contribution < 1.29 is 28.6 Å². The van der Waals surface area contributed by atoms with Gasteiger partial charge in [0.05, 0.1) is 23.8 Å². The van der Waals surface area contributed by atoms with Crippen molar-refractivity contribution in [3.63, 3.8) is 0 Å². The molecule has 2 N–H and O–H groups in total. The van der Waals surface area contributed by atoms with Crippen LogP contribution in [0.3, 0.4) is 0 Å². The number of ether oxygens (including phenoxy) is 3. The molecule has 1 rings (SSSR count). The third kappa shape index (κ3) is 7.26. The average molecular weight is 415 g/mol. The molecule has 9 heteroatoms. The summed E-state index contributed by atoms with van der Waals surface area (Å²) >= 11 is 6.17. The van der Waals surface area contributed by atoms with Gasteiger partial charge in [0.25, 0.3) is 5.91 Å². The molecule has 0 heterocycles. The Balaban J connectivity index is 2.69. The molecular weight excluding hydrogens is 388 g/mol. The number of carbonyl (C=O) groups excluding carboxylic acids is 3. The van der Waals surface area contributed by atoms with Gasteiger partial charge in [-0.05, 0) is 39.3 Å². The number of rotatable bonds is 10. The second-order valence-corrected chi connectivity index (χ2v) is 6.72. The van der Waals surface area contributed by atoms with Crippen molar-refractivity contribution in [2.24, 2.45) is 0 Å². The van der Waals surface area contributed by atoms with Crippen LogP contribution in [-0.4, -0.2) is 50.2 Å². The van der Waals surface area contributed by atoms with Gasteiger partial charge in [-0.1, -0.05) is 18.5 Å². The summed E-state index contributed by atoms with van der Waals surface area (Å²) in [5, 5.41) is 5.31. The van der Waals surface area contributed by atoms with Crippen LogP contribution in [0.4, 0.5) is 0 Å². The van der Waals surface area contributed by atoms with Crippen LogP contribution in [-0.2, 0) is 14.3 Å². The highest BCUT2D eigenvalue weighted by atomic mass is 35.5. The first kappa shape index (κ1) is 23.6. The molecule has 28 heavy (non-hydrogen) atoms. The zero-order valence-corrected chi connectivity index (χ0v) is 17.5. The number of benzene rings is 1. The van der Waals surface area contributed by atoms with Gasteiger partial charge in [-0.2, -0.15) is 0 Å². The molecule has 0 fully saturated rings. The van der Waals surface area contributed by atoms with Crippen LogP contribution in [0.15, 0.2) is 12.1 Å². The highest BCUT2D eigenvalue weighted by Crippen LogP contribution is 2.37. The predicted octanol–water partition coefficient (Wildman–Crippen LogP) is 2.32. The number of amides is 2. The fourth-order valence-corrected chi connectivity index (χ4v) is 2.41. The van der Waals surface area contributed by atoms with E-state index in [4.69, 9.17) is 25.8 Å². The van der Waals surface area contributed by atoms with Crippen LogP contribution < -0.4 is 20.1 Å². The minimum atomic E-state index is -0.755. The van der Waals surface area contributed by atoms with Gasteiger partial charge >= 0.3 is 5.97 Å². The van der Waals surface area contributed by atoms with Crippen LogP contribution in [0.1, 0.15) is 44.5 Å². The number of hydrogen-bond acceptors (Lipinski definition) is 6. The third-order valence-corrected chi connectivity index (χ3v) is 3.75. The molecule has 0 saturated heterocycles. The van der Waals surface area contributed by atoms with Gasteiger partial charge in [0.15, 0.2) is 18.1 Å². The second-order valence-electron chi connectivity index (χ2n) is 6.31. The van der Waals surface area contributed by atoms with E-state index in [1.165, 1.54) is 19.2 Å². The first-order valence-electron chi connectivity index (χ1n) is 8.97. The maximum atomic E-state index is 12.2. The summed E-state index contributed by atoms with van der Waals surface area (Å²) in [6.45, 7) is 7.12. The van der Waals surface area contributed by atoms with Crippen molar-refractivity contribution in [1.82, 2.24) is 10.6 Å². The summed E-state index contributed by atoms with van der Waals surface area (Å²) < 4.78 is 15.8. The second kappa shape index (κ2) is 11.4. The molecule has 0 unspecified atom stereocenters. The lowest BCUT2D eigenvalue weighted by molar-refractivity contribution is -0.130. The molecule has 0 aliphatic heterocycles. The normalized spacial score (nSPS) is 11.5. The average Bonchev–Trinajstić information content (AvgIpc) is 2.64. The predicted molar refractivity (Wildman–Crippen MR) is 105 cm³/mol. The minimum Gasteiger partial charge on any atom is -0.493 e. The van der Waals surface area contributed by atoms with Gasteiger partial charge in [0.2, 0.25) is 5.91 Å². The summed E-state index contributed by atoms with van der Waals surface area (Å²) in [5.41, 5.74) is 0.111. The van der Waals surface area contributed by atoms with E-state index < -0.39 is 24.5 Å². The van der Waals surface area contributed by atoms with Crippen LogP contribution in [0.25, 0.3) is 0 Å². The largest absolute Gasteiger partial charge is 0.493 e. The standard InChI is InChI=1S/C19H27ClN2O6/c1-6-7-21-18(24)12(4)22-16(23)10-27-19(25)13-8-14(20)17(28-11(2)3)15(9-13)26-5/h8-9,11-12H,6-7,10H2,1-5H3,(H,21,24)(H,22,23)/t12-/m0/s1. The quantitative estimate of drug-likeness (QED) is 0.569. The SMILES string of the molecule is CCCNC(=O)[C@H](C)NC(=O)COC(=O)c1cc(Cl)c(OC(C)C)c(OC)c1. The van der Waals surface area contributed by atoms with Crippen molar-refractivity contribution in [1.29, 1.82) is 0 Å². The molecule has 0 aliphatic carbocycles. The van der Waals surface area contributed by atoms with Crippen molar-refractivity contribution in [3.05, 3.63) is 22.7 Å². The maximum absolute atomic E-state index is 12.2. The van der Waals surface area contributed by atoms with E-state index in [2.05, 4.69) is 10.6 Å². The van der Waals surface area contributed by atoms with E-state index >= 15 is 0 Å². The monoisotopic (exact) mass is 414 g/mol. The summed E-state index contributed by atoms with van der Waals surface area (Å²) in [7, 11) is 1.42. The van der Waals surface area contributed by atoms with E-state index in [1.807, 2.05) is 20.8 Å². The fourth-order valence-electron chi connectivity index (χ4n) is 2.15. The Morgan fingerprint density at radius 3 is 2.43 bits per heavy atom. The molecule has 0 saturated carbocycles. The molecule has 1 atom stereocenters. The smallest absolute Gasteiger partial charge is 0.338 e. The molecule has 0 aliphatic rings. The van der Waals surface area contributed by atoms with E-state index in [9.17, 15) is 14.4 Å². The van der Waals surface area contributed by atoms with Gasteiger partial charge in [-0.15, -0.1) is 0 Å². The fraction of sp³-hybridized carbons (Fsp3) is 0.526. The molecule has 2 amide bonds. The maximum Gasteiger partial charge on any atom is 0.338 e. The Hall–Kier alpha value is -2.48. The molecular formula is C19H27ClN2O6. The number of halogens is 1. The van der Waals surface area contributed by atoms with E-state index in [1.54, 1.807) is 6.92 Å². The van der Waals surface area contributed by atoms with Gasteiger partial charge in [-0.25, -0.2) is 4.79 Å². The number of methoxy groups -OCH3 is 1. The van der Waals surface area contributed by atoms with Crippen LogP contribution in [0, 0.1) is 0 Å². The van der Waals surface area contributed by atoms with Crippen molar-refractivity contribution in [2.45, 2.75) is 46.3 Å². The Morgan fingerprint density at radius 1 is 1.18 bits per heavy atom. The molecule has 156 valence electrons. The summed E-state index contributed by atoms with van der Waals surface area (Å²) in [4.78, 5) is 35.9. The van der Waals surface area contributed by atoms with E-state index in [0.717, 1.165) is 6.42 Å². The Morgan fingerprint density at radius 2 is 1.86 bits per heavy atom. The number of esters is 1. The van der Waals surface area contributed by atoms with E-state index in [0.29, 0.717) is 12.3 Å². The van der Waals surface area contributed by atoms with Crippen LogP contribution in [0.5, 0.6) is 11.5 Å². The molecule has 0 aromatic heterocycles. The molecule has 0 spiro atoms. The minimum absolute atomic E-state index is 0.111. The summed E-state index contributed by atoms with van der Waals surface area (Å²) in [6.07, 6.45) is 0.654. The number of nitrogens with one attached hydrogen (secondary N) is 2. The lowest BCUT2D eigenvalue weighted by Gasteiger charge is -2.16. The zero-order chi connectivity index (χ0) is 21.3. The summed E-state index contributed by atoms with van der Waals surface area (Å²) in [5.74, 6) is -1.06. The molecule has 0 bridgehead atoms. The Bertz CT molecular complexity index is 708.